The molecule has 3 rings (SSSR count). The molecule has 0 aliphatic carbocycles. The molecule has 0 saturated carbocycles. The quantitative estimate of drug-likeness (QED) is 0.578. The molecular weight excluding hydrogens is 492 g/mol. The summed E-state index contributed by atoms with van der Waals surface area (Å²) < 4.78 is 19.2. The molecule has 0 fully saturated rings. The van der Waals surface area contributed by atoms with Gasteiger partial charge in [0.05, 0.1) is 5.03 Å². The van der Waals surface area contributed by atoms with Crippen LogP contribution in [0.15, 0.2) is 38.1 Å². The molecule has 0 saturated heterocycles. The first-order valence-electron chi connectivity index (χ1n) is 8.00. The Kier molecular flexibility index (Phi) is 6.47. The zero-order valence-electron chi connectivity index (χ0n) is 14.2. The first-order chi connectivity index (χ1) is 12.4. The third-order valence-electron chi connectivity index (χ3n) is 3.71. The monoisotopic (exact) mass is 509 g/mol. The number of carbonyl (C=O) groups is 1. The van der Waals surface area contributed by atoms with Crippen molar-refractivity contribution in [3.63, 3.8) is 0 Å². The molecule has 0 bridgehead atoms. The molecule has 1 amide bonds. The Morgan fingerprint density at radius 3 is 2.81 bits per heavy atom. The summed E-state index contributed by atoms with van der Waals surface area (Å²) in [7, 11) is 0. The molecule has 1 aromatic carbocycles. The second-order valence-corrected chi connectivity index (χ2v) is 9.13. The van der Waals surface area contributed by atoms with Gasteiger partial charge in [-0.25, -0.2) is 0 Å². The van der Waals surface area contributed by atoms with Gasteiger partial charge in [-0.2, -0.15) is 0 Å². The van der Waals surface area contributed by atoms with Gasteiger partial charge in [0.25, 0.3) is 5.91 Å². The topological polar surface area (TPSA) is 56.8 Å². The highest BCUT2D eigenvalue weighted by molar-refractivity contribution is 14.2. The van der Waals surface area contributed by atoms with E-state index in [1.165, 1.54) is 0 Å². The van der Waals surface area contributed by atoms with Crippen molar-refractivity contribution >= 4 is 53.9 Å². The van der Waals surface area contributed by atoms with Gasteiger partial charge in [0, 0.05) is 11.6 Å². The van der Waals surface area contributed by atoms with E-state index in [0.29, 0.717) is 31.9 Å². The predicted octanol–water partition coefficient (Wildman–Crippen LogP) is 4.39. The van der Waals surface area contributed by atoms with Crippen molar-refractivity contribution in [2.75, 3.05) is 6.79 Å². The van der Waals surface area contributed by atoms with Gasteiger partial charge in [-0.3, -0.25) is 4.79 Å². The number of nitrogens with one attached hydrogen (secondary N) is 1. The van der Waals surface area contributed by atoms with E-state index < -0.39 is 26.8 Å². The van der Waals surface area contributed by atoms with Crippen LogP contribution in [0.4, 0.5) is 0 Å². The van der Waals surface area contributed by atoms with Crippen molar-refractivity contribution in [2.45, 2.75) is 26.5 Å². The molecule has 0 spiro atoms. The maximum Gasteiger partial charge on any atom is 0.261 e. The number of allylic oxidation sites excluding steroid dienone is 3. The minimum atomic E-state index is -0.619. The summed E-state index contributed by atoms with van der Waals surface area (Å²) in [5.74, 6) is 1.22. The molecule has 2 heterocycles. The highest BCUT2D eigenvalue weighted by Gasteiger charge is 2.26. The lowest BCUT2D eigenvalue weighted by atomic mass is 10.1. The van der Waals surface area contributed by atoms with Crippen molar-refractivity contribution < 1.29 is 19.0 Å². The average molecular weight is 510 g/mol. The summed E-state index contributed by atoms with van der Waals surface area (Å²) in [5.41, 5.74) is 0.926. The van der Waals surface area contributed by atoms with E-state index in [1.807, 2.05) is 36.1 Å². The Morgan fingerprint density at radius 1 is 1.31 bits per heavy atom. The van der Waals surface area contributed by atoms with Crippen LogP contribution in [0.2, 0.25) is 0 Å². The standard InChI is InChI=1S/C18H18Cl2INO4/c1-10(2)16(26-17-13(20)6-12(19)7-21-17)18(23)22-8-11-3-4-14-15(5-11)25-9-24-14/h3-7,10,16H,8-9H2,1-2H3,(H,22,23). The lowest BCUT2D eigenvalue weighted by molar-refractivity contribution is -0.132. The first-order valence-corrected chi connectivity index (χ1v) is 11.1. The molecule has 8 heteroatoms. The number of carbonyl (C=O) groups excluding carboxylic acids is 1. The van der Waals surface area contributed by atoms with Crippen LogP contribution in [0.25, 0.3) is 0 Å². The first kappa shape index (κ1) is 19.5. The maximum atomic E-state index is 12.6. The summed E-state index contributed by atoms with van der Waals surface area (Å²) in [6.45, 7) is 4.48. The number of rotatable bonds is 6. The molecule has 1 aromatic rings. The SMILES string of the molecule is CC(C)C(OC1=C(Cl)C=C(Cl)C=I1)C(=O)NCc1ccc2c(c1)OCO2. The Balaban J connectivity index is 1.64. The minimum absolute atomic E-state index is 0.00546. The van der Waals surface area contributed by atoms with Gasteiger partial charge in [-0.1, -0.05) is 43.1 Å². The molecule has 140 valence electrons. The molecule has 5 nitrogen and oxygen atoms in total. The molecule has 0 aromatic heterocycles. The van der Waals surface area contributed by atoms with Gasteiger partial charge in [0.2, 0.25) is 6.79 Å². The normalized spacial score (nSPS) is 16.9. The predicted molar refractivity (Wildman–Crippen MR) is 111 cm³/mol. The third kappa shape index (κ3) is 4.72. The number of halogens is 3. The van der Waals surface area contributed by atoms with E-state index in [4.69, 9.17) is 37.4 Å². The van der Waals surface area contributed by atoms with E-state index in [-0.39, 0.29) is 18.6 Å². The number of fused-ring (bicyclic) bond motifs is 1. The van der Waals surface area contributed by atoms with Crippen molar-refractivity contribution in [3.05, 3.63) is 43.7 Å². The van der Waals surface area contributed by atoms with E-state index >= 15 is 0 Å². The molecular formula is C18H18Cl2INO4. The smallest absolute Gasteiger partial charge is 0.261 e. The van der Waals surface area contributed by atoms with Crippen molar-refractivity contribution in [3.8, 4) is 11.5 Å². The van der Waals surface area contributed by atoms with Gasteiger partial charge in [0.1, 0.15) is 0 Å². The molecule has 2 aliphatic rings. The van der Waals surface area contributed by atoms with Crippen LogP contribution in [0.3, 0.4) is 0 Å². The fourth-order valence-corrected chi connectivity index (χ4v) is 4.90. The fraction of sp³-hybridized carbons (Fsp3) is 0.333. The van der Waals surface area contributed by atoms with E-state index in [0.717, 1.165) is 5.56 Å². The summed E-state index contributed by atoms with van der Waals surface area (Å²) >= 11 is 11.6. The Bertz CT molecular complexity index is 804. The van der Waals surface area contributed by atoms with Crippen molar-refractivity contribution in [2.24, 2.45) is 5.92 Å². The summed E-state index contributed by atoms with van der Waals surface area (Å²) in [4.78, 5) is 12.6. The number of benzene rings is 1. The average Bonchev–Trinajstić information content (AvgIpc) is 3.06. The molecule has 26 heavy (non-hydrogen) atoms. The summed E-state index contributed by atoms with van der Waals surface area (Å²) in [6, 6.07) is 5.59. The van der Waals surface area contributed by atoms with Gasteiger partial charge >= 0.3 is 0 Å². The lowest BCUT2D eigenvalue weighted by Gasteiger charge is -2.23. The molecule has 2 aliphatic heterocycles. The Morgan fingerprint density at radius 2 is 2.08 bits per heavy atom. The number of hydrogen-bond acceptors (Lipinski definition) is 4. The van der Waals surface area contributed by atoms with Crippen LogP contribution in [-0.2, 0) is 16.1 Å². The zero-order chi connectivity index (χ0) is 18.7. The van der Waals surface area contributed by atoms with Gasteiger partial charge in [-0.15, -0.1) is 0 Å². The van der Waals surface area contributed by atoms with E-state index in [2.05, 4.69) is 5.32 Å². The molecule has 1 atom stereocenters. The van der Waals surface area contributed by atoms with Crippen molar-refractivity contribution in [1.29, 1.82) is 0 Å². The Hall–Kier alpha value is -1.25. The molecule has 1 unspecified atom stereocenters. The highest BCUT2D eigenvalue weighted by atomic mass is 127. The van der Waals surface area contributed by atoms with Crippen LogP contribution < -0.4 is 14.8 Å². The van der Waals surface area contributed by atoms with Gasteiger partial charge in [0.15, 0.2) is 21.4 Å². The summed E-state index contributed by atoms with van der Waals surface area (Å²) in [5, 5.41) is 4.01. The third-order valence-corrected chi connectivity index (χ3v) is 7.28. The number of hydrogen-bond donors (Lipinski definition) is 1. The lowest BCUT2D eigenvalue weighted by Crippen LogP contribution is -2.39. The van der Waals surface area contributed by atoms with Gasteiger partial charge in [-0.05, 0) is 54.4 Å². The van der Waals surface area contributed by atoms with Crippen LogP contribution in [0, 0.1) is 5.92 Å². The molecule has 0 radical (unpaired) electrons. The van der Waals surface area contributed by atoms with Gasteiger partial charge < -0.3 is 19.5 Å². The van der Waals surface area contributed by atoms with Crippen molar-refractivity contribution in [1.82, 2.24) is 5.32 Å². The zero-order valence-corrected chi connectivity index (χ0v) is 17.9. The highest BCUT2D eigenvalue weighted by Crippen LogP contribution is 2.33. The molecule has 1 N–H and O–H groups in total. The number of ether oxygens (including phenoxy) is 3. The summed E-state index contributed by atoms with van der Waals surface area (Å²) in [6.07, 6.45) is 1.02. The van der Waals surface area contributed by atoms with Crippen LogP contribution in [0.5, 0.6) is 11.5 Å². The van der Waals surface area contributed by atoms with E-state index in [9.17, 15) is 4.79 Å². The van der Waals surface area contributed by atoms with Crippen LogP contribution in [0.1, 0.15) is 19.4 Å². The fourth-order valence-electron chi connectivity index (χ4n) is 2.39. The Labute approximate surface area is 172 Å². The van der Waals surface area contributed by atoms with Crippen LogP contribution in [-0.4, -0.2) is 22.8 Å². The minimum Gasteiger partial charge on any atom is -0.473 e. The second kappa shape index (κ2) is 8.63. The number of amides is 1. The maximum absolute atomic E-state index is 12.6. The van der Waals surface area contributed by atoms with Crippen LogP contribution >= 0.6 is 43.9 Å². The largest absolute Gasteiger partial charge is 0.473 e. The second-order valence-electron chi connectivity index (χ2n) is 6.06. The van der Waals surface area contributed by atoms with E-state index in [1.54, 1.807) is 6.08 Å².